The first kappa shape index (κ1) is 20.9. The fourth-order valence-corrected chi connectivity index (χ4v) is 4.78. The lowest BCUT2D eigenvalue weighted by atomic mass is 9.95. The Balaban J connectivity index is 1.53. The smallest absolute Gasteiger partial charge is 0.234 e. The van der Waals surface area contributed by atoms with Crippen LogP contribution < -0.4 is 5.32 Å². The van der Waals surface area contributed by atoms with Crippen LogP contribution in [-0.4, -0.2) is 31.4 Å². The van der Waals surface area contributed by atoms with Crippen LogP contribution in [-0.2, 0) is 4.79 Å². The number of halogens is 1. The minimum Gasteiger partial charge on any atom is -0.325 e. The number of nitrogens with one attached hydrogen (secondary N) is 1. The van der Waals surface area contributed by atoms with Gasteiger partial charge in [0, 0.05) is 34.7 Å². The molecular formula is C22H24ClN5OS. The highest BCUT2D eigenvalue weighted by Crippen LogP contribution is 2.35. The molecule has 0 unspecified atom stereocenters. The molecule has 6 nitrogen and oxygen atoms in total. The van der Waals surface area contributed by atoms with E-state index in [4.69, 9.17) is 11.6 Å². The SMILES string of the molecule is Cc1c(Cl)cccc1NC(=O)CSc1nnc(-c2ccncc2)n1C1CCCCC1. The molecule has 4 rings (SSSR count). The number of rotatable bonds is 6. The first-order chi connectivity index (χ1) is 14.6. The second kappa shape index (κ2) is 9.62. The zero-order valence-electron chi connectivity index (χ0n) is 16.8. The van der Waals surface area contributed by atoms with E-state index in [1.807, 2.05) is 37.3 Å². The predicted molar refractivity (Wildman–Crippen MR) is 121 cm³/mol. The maximum Gasteiger partial charge on any atom is 0.234 e. The van der Waals surface area contributed by atoms with Gasteiger partial charge >= 0.3 is 0 Å². The fraction of sp³-hybridized carbons (Fsp3) is 0.364. The zero-order valence-corrected chi connectivity index (χ0v) is 18.4. The number of benzene rings is 1. The summed E-state index contributed by atoms with van der Waals surface area (Å²) in [4.78, 5) is 16.7. The van der Waals surface area contributed by atoms with Gasteiger partial charge in [0.1, 0.15) is 0 Å². The Labute approximate surface area is 185 Å². The lowest BCUT2D eigenvalue weighted by Crippen LogP contribution is -2.17. The van der Waals surface area contributed by atoms with E-state index < -0.39 is 0 Å². The molecule has 156 valence electrons. The first-order valence-corrected chi connectivity index (χ1v) is 11.5. The van der Waals surface area contributed by atoms with Gasteiger partial charge in [0.15, 0.2) is 11.0 Å². The molecule has 1 amide bonds. The van der Waals surface area contributed by atoms with Crippen LogP contribution in [0.5, 0.6) is 0 Å². The van der Waals surface area contributed by atoms with Crippen LogP contribution in [0.2, 0.25) is 5.02 Å². The van der Waals surface area contributed by atoms with Gasteiger partial charge in [-0.2, -0.15) is 0 Å². The quantitative estimate of drug-likeness (QED) is 0.508. The third-order valence-electron chi connectivity index (χ3n) is 5.42. The van der Waals surface area contributed by atoms with E-state index in [1.54, 1.807) is 12.4 Å². The molecule has 8 heteroatoms. The van der Waals surface area contributed by atoms with Crippen LogP contribution in [0.3, 0.4) is 0 Å². The van der Waals surface area contributed by atoms with Gasteiger partial charge in [0.25, 0.3) is 0 Å². The van der Waals surface area contributed by atoms with Crippen LogP contribution in [0, 0.1) is 6.92 Å². The lowest BCUT2D eigenvalue weighted by molar-refractivity contribution is -0.113. The third-order valence-corrected chi connectivity index (χ3v) is 6.77. The third kappa shape index (κ3) is 4.68. The van der Waals surface area contributed by atoms with E-state index in [9.17, 15) is 4.79 Å². The second-order valence-electron chi connectivity index (χ2n) is 7.45. The monoisotopic (exact) mass is 441 g/mol. The number of anilines is 1. The maximum atomic E-state index is 12.6. The molecule has 3 aromatic rings. The highest BCUT2D eigenvalue weighted by molar-refractivity contribution is 7.99. The number of nitrogens with zero attached hydrogens (tertiary/aromatic N) is 4. The number of hydrogen-bond donors (Lipinski definition) is 1. The summed E-state index contributed by atoms with van der Waals surface area (Å²) in [6.45, 7) is 1.89. The molecule has 1 N–H and O–H groups in total. The van der Waals surface area contributed by atoms with E-state index in [2.05, 4.69) is 25.1 Å². The van der Waals surface area contributed by atoms with Gasteiger partial charge in [-0.05, 0) is 49.6 Å². The van der Waals surface area contributed by atoms with E-state index in [1.165, 1.54) is 31.0 Å². The van der Waals surface area contributed by atoms with Crippen molar-refractivity contribution in [1.82, 2.24) is 19.7 Å². The van der Waals surface area contributed by atoms with Gasteiger partial charge < -0.3 is 5.32 Å². The van der Waals surface area contributed by atoms with Gasteiger partial charge in [0.05, 0.1) is 5.75 Å². The lowest BCUT2D eigenvalue weighted by Gasteiger charge is -2.25. The van der Waals surface area contributed by atoms with Crippen molar-refractivity contribution in [1.29, 1.82) is 0 Å². The van der Waals surface area contributed by atoms with E-state index >= 15 is 0 Å². The Morgan fingerprint density at radius 1 is 1.17 bits per heavy atom. The number of carbonyl (C=O) groups excluding carboxylic acids is 1. The highest BCUT2D eigenvalue weighted by atomic mass is 35.5. The molecule has 0 bridgehead atoms. The molecule has 1 aromatic carbocycles. The van der Waals surface area contributed by atoms with Crippen LogP contribution in [0.1, 0.15) is 43.7 Å². The molecule has 0 aliphatic heterocycles. The summed E-state index contributed by atoms with van der Waals surface area (Å²) in [6.07, 6.45) is 9.43. The molecule has 0 saturated heterocycles. The summed E-state index contributed by atoms with van der Waals surface area (Å²) in [5.74, 6) is 1.01. The molecule has 1 aliphatic rings. The molecule has 0 spiro atoms. The zero-order chi connectivity index (χ0) is 20.9. The summed E-state index contributed by atoms with van der Waals surface area (Å²) in [5, 5.41) is 13.3. The molecule has 1 aliphatic carbocycles. The van der Waals surface area contributed by atoms with Gasteiger partial charge in [-0.15, -0.1) is 10.2 Å². The average Bonchev–Trinajstić information content (AvgIpc) is 3.21. The summed E-state index contributed by atoms with van der Waals surface area (Å²) in [6, 6.07) is 9.76. The van der Waals surface area contributed by atoms with Crippen molar-refractivity contribution in [3.63, 3.8) is 0 Å². The number of amides is 1. The first-order valence-electron chi connectivity index (χ1n) is 10.2. The predicted octanol–water partition coefficient (Wildman–Crippen LogP) is 5.54. The molecule has 30 heavy (non-hydrogen) atoms. The largest absolute Gasteiger partial charge is 0.325 e. The molecule has 0 atom stereocenters. The van der Waals surface area contributed by atoms with E-state index in [0.717, 1.165) is 40.6 Å². The van der Waals surface area contributed by atoms with Gasteiger partial charge in [-0.3, -0.25) is 14.3 Å². The van der Waals surface area contributed by atoms with Crippen molar-refractivity contribution >= 4 is 35.0 Å². The Morgan fingerprint density at radius 3 is 2.70 bits per heavy atom. The standard InChI is InChI=1S/C22H24ClN5OS/c1-15-18(23)8-5-9-19(15)25-20(29)14-30-22-27-26-21(16-10-12-24-13-11-16)28(22)17-6-3-2-4-7-17/h5,8-13,17H,2-4,6-7,14H2,1H3,(H,25,29). The van der Waals surface area contributed by atoms with Crippen molar-refractivity contribution < 1.29 is 4.79 Å². The highest BCUT2D eigenvalue weighted by Gasteiger charge is 2.24. The van der Waals surface area contributed by atoms with Crippen molar-refractivity contribution in [3.05, 3.63) is 53.3 Å². The average molecular weight is 442 g/mol. The van der Waals surface area contributed by atoms with Crippen LogP contribution in [0.25, 0.3) is 11.4 Å². The molecule has 2 heterocycles. The summed E-state index contributed by atoms with van der Waals surface area (Å²) >= 11 is 7.58. The summed E-state index contributed by atoms with van der Waals surface area (Å²) in [5.41, 5.74) is 2.59. The van der Waals surface area contributed by atoms with Gasteiger partial charge in [0.2, 0.25) is 5.91 Å². The fourth-order valence-electron chi connectivity index (χ4n) is 3.80. The molecule has 2 aromatic heterocycles. The van der Waals surface area contributed by atoms with Crippen LogP contribution in [0.15, 0.2) is 47.9 Å². The van der Waals surface area contributed by atoms with Crippen LogP contribution >= 0.6 is 23.4 Å². The number of hydrogen-bond acceptors (Lipinski definition) is 5. The normalized spacial score (nSPS) is 14.6. The Bertz CT molecular complexity index is 1020. The van der Waals surface area contributed by atoms with Crippen molar-refractivity contribution in [2.45, 2.75) is 50.2 Å². The number of aromatic nitrogens is 4. The molecular weight excluding hydrogens is 418 g/mol. The number of carbonyl (C=O) groups is 1. The van der Waals surface area contributed by atoms with Crippen molar-refractivity contribution in [2.75, 3.05) is 11.1 Å². The number of thioether (sulfide) groups is 1. The second-order valence-corrected chi connectivity index (χ2v) is 8.80. The topological polar surface area (TPSA) is 72.7 Å². The molecule has 1 fully saturated rings. The molecule has 0 radical (unpaired) electrons. The minimum absolute atomic E-state index is 0.0889. The van der Waals surface area contributed by atoms with E-state index in [0.29, 0.717) is 11.1 Å². The van der Waals surface area contributed by atoms with E-state index in [-0.39, 0.29) is 11.7 Å². The summed E-state index contributed by atoms with van der Waals surface area (Å²) in [7, 11) is 0. The van der Waals surface area contributed by atoms with Crippen LogP contribution in [0.4, 0.5) is 5.69 Å². The summed E-state index contributed by atoms with van der Waals surface area (Å²) < 4.78 is 2.22. The van der Waals surface area contributed by atoms with Crippen molar-refractivity contribution in [3.8, 4) is 11.4 Å². The number of pyridine rings is 1. The Morgan fingerprint density at radius 2 is 1.93 bits per heavy atom. The Kier molecular flexibility index (Phi) is 6.69. The van der Waals surface area contributed by atoms with Crippen molar-refractivity contribution in [2.24, 2.45) is 0 Å². The minimum atomic E-state index is -0.0889. The van der Waals surface area contributed by atoms with Gasteiger partial charge in [-0.1, -0.05) is 48.7 Å². The maximum absolute atomic E-state index is 12.6. The van der Waals surface area contributed by atoms with Gasteiger partial charge in [-0.25, -0.2) is 0 Å². The molecule has 1 saturated carbocycles. The Hall–Kier alpha value is -2.38.